The van der Waals surface area contributed by atoms with E-state index in [1.807, 2.05) is 48.5 Å². The Balaban J connectivity index is 2.08. The summed E-state index contributed by atoms with van der Waals surface area (Å²) in [6, 6.07) is 16.9. The fourth-order valence-electron chi connectivity index (χ4n) is 1.69. The van der Waals surface area contributed by atoms with Gasteiger partial charge in [0, 0.05) is 0 Å². The summed E-state index contributed by atoms with van der Waals surface area (Å²) in [6.45, 7) is 0. The second-order valence-corrected chi connectivity index (χ2v) is 5.89. The number of furan rings is 1. The molecule has 0 unspecified atom stereocenters. The fourth-order valence-corrected chi connectivity index (χ4v) is 3.64. The van der Waals surface area contributed by atoms with E-state index >= 15 is 0 Å². The van der Waals surface area contributed by atoms with E-state index in [9.17, 15) is 4.39 Å². The molecule has 3 rings (SSSR count). The minimum absolute atomic E-state index is 0.0576. The second-order valence-electron chi connectivity index (χ2n) is 3.62. The van der Waals surface area contributed by atoms with Crippen LogP contribution in [-0.2, 0) is 0 Å². The van der Waals surface area contributed by atoms with Gasteiger partial charge in [0.15, 0.2) is 0 Å². The van der Waals surface area contributed by atoms with Crippen LogP contribution in [0.25, 0.3) is 11.0 Å². The van der Waals surface area contributed by atoms with Crippen LogP contribution in [0.5, 0.6) is 0 Å². The van der Waals surface area contributed by atoms with E-state index in [4.69, 9.17) is 4.42 Å². The molecule has 0 saturated heterocycles. The normalized spacial score (nSPS) is 10.9. The zero-order valence-corrected chi connectivity index (χ0v) is 10.6. The predicted octanol–water partition coefficient (Wildman–Crippen LogP) is 2.23. The van der Waals surface area contributed by atoms with Gasteiger partial charge in [-0.15, -0.1) is 0 Å². The van der Waals surface area contributed by atoms with Crippen LogP contribution >= 0.6 is 0 Å². The molecular weight excluding hydrogens is 282 g/mol. The molecule has 3 heteroatoms. The molecule has 0 N–H and O–H groups in total. The number of rotatable bonds is 2. The van der Waals surface area contributed by atoms with Crippen molar-refractivity contribution in [2.75, 3.05) is 0 Å². The molecule has 84 valence electrons. The molecule has 0 atom stereocenters. The average molecular weight is 291 g/mol. The zero-order valence-electron chi connectivity index (χ0n) is 8.89. The molecule has 0 aliphatic rings. The number of hydrogen-bond acceptors (Lipinski definition) is 1. The van der Waals surface area contributed by atoms with E-state index in [0.29, 0.717) is 10.0 Å². The number of hydrogen-bond donors (Lipinski definition) is 0. The zero-order chi connectivity index (χ0) is 11.7. The maximum atomic E-state index is 13.7. The van der Waals surface area contributed by atoms with E-state index in [1.54, 1.807) is 6.07 Å². The quantitative estimate of drug-likeness (QED) is 0.660. The topological polar surface area (TPSA) is 13.1 Å². The van der Waals surface area contributed by atoms with Gasteiger partial charge in [-0.25, -0.2) is 0 Å². The summed E-state index contributed by atoms with van der Waals surface area (Å²) in [7, 11) is 0. The Labute approximate surface area is 104 Å². The Morgan fingerprint density at radius 3 is 2.41 bits per heavy atom. The molecule has 0 radical (unpaired) electrons. The molecule has 0 saturated carbocycles. The molecule has 1 nitrogen and oxygen atoms in total. The van der Waals surface area contributed by atoms with Crippen LogP contribution in [0.1, 0.15) is 0 Å². The van der Waals surface area contributed by atoms with Gasteiger partial charge in [0.1, 0.15) is 0 Å². The van der Waals surface area contributed by atoms with Gasteiger partial charge in [-0.2, -0.15) is 0 Å². The number of fused-ring (bicyclic) bond motifs is 1. The van der Waals surface area contributed by atoms with E-state index in [2.05, 4.69) is 0 Å². The summed E-state index contributed by atoms with van der Waals surface area (Å²) < 4.78 is 20.7. The molecular formula is C14H9FOSe. The van der Waals surface area contributed by atoms with Gasteiger partial charge < -0.3 is 0 Å². The SMILES string of the molecule is Fc1oc2ccccc2c1[Se]c1ccccc1. The van der Waals surface area contributed by atoms with E-state index in [1.165, 1.54) is 0 Å². The Hall–Kier alpha value is -1.57. The van der Waals surface area contributed by atoms with Crippen LogP contribution in [0.3, 0.4) is 0 Å². The maximum absolute atomic E-state index is 13.7. The number of halogens is 1. The van der Waals surface area contributed by atoms with Crippen molar-refractivity contribution in [2.24, 2.45) is 0 Å². The first-order valence-corrected chi connectivity index (χ1v) is 6.96. The molecule has 0 amide bonds. The minimum atomic E-state index is -0.449. The first kappa shape index (κ1) is 10.6. The van der Waals surface area contributed by atoms with Gasteiger partial charge in [-0.05, 0) is 0 Å². The van der Waals surface area contributed by atoms with Gasteiger partial charge in [0.25, 0.3) is 0 Å². The first-order valence-electron chi connectivity index (χ1n) is 5.24. The standard InChI is InChI=1S/C14H9FOSe/c15-14-13(17-10-6-2-1-3-7-10)11-8-4-5-9-12(11)16-14/h1-9H. The van der Waals surface area contributed by atoms with Crippen LogP contribution in [0.15, 0.2) is 59.0 Å². The molecule has 0 bridgehead atoms. The Kier molecular flexibility index (Phi) is 2.71. The van der Waals surface area contributed by atoms with Crippen molar-refractivity contribution in [3.05, 3.63) is 60.6 Å². The summed E-state index contributed by atoms with van der Waals surface area (Å²) in [4.78, 5) is 0. The summed E-state index contributed by atoms with van der Waals surface area (Å²) in [5.41, 5.74) is 0.623. The molecule has 0 aliphatic heterocycles. The van der Waals surface area contributed by atoms with Gasteiger partial charge in [0.05, 0.1) is 0 Å². The van der Waals surface area contributed by atoms with Gasteiger partial charge >= 0.3 is 104 Å². The van der Waals surface area contributed by atoms with E-state index in [-0.39, 0.29) is 15.0 Å². The molecule has 1 aromatic heterocycles. The summed E-state index contributed by atoms with van der Waals surface area (Å²) >= 11 is -0.0576. The molecule has 3 aromatic rings. The van der Waals surface area contributed by atoms with Crippen LogP contribution < -0.4 is 8.92 Å². The van der Waals surface area contributed by atoms with Crippen molar-refractivity contribution in [1.82, 2.24) is 0 Å². The van der Waals surface area contributed by atoms with Crippen LogP contribution in [0, 0.1) is 6.01 Å². The Morgan fingerprint density at radius 1 is 0.882 bits per heavy atom. The van der Waals surface area contributed by atoms with Gasteiger partial charge in [-0.1, -0.05) is 0 Å². The van der Waals surface area contributed by atoms with Gasteiger partial charge in [0.2, 0.25) is 0 Å². The molecule has 17 heavy (non-hydrogen) atoms. The Bertz CT molecular complexity index is 646. The molecule has 0 aliphatic carbocycles. The molecule has 0 fully saturated rings. The van der Waals surface area contributed by atoms with Gasteiger partial charge in [-0.3, -0.25) is 0 Å². The monoisotopic (exact) mass is 292 g/mol. The van der Waals surface area contributed by atoms with Crippen LogP contribution in [0.2, 0.25) is 0 Å². The van der Waals surface area contributed by atoms with Crippen molar-refractivity contribution in [3.8, 4) is 0 Å². The molecule has 2 aromatic carbocycles. The number of benzene rings is 2. The third-order valence-electron chi connectivity index (χ3n) is 2.47. The second kappa shape index (κ2) is 4.36. The third-order valence-corrected chi connectivity index (χ3v) is 4.76. The summed E-state index contributed by atoms with van der Waals surface area (Å²) in [5.74, 6) is 0. The van der Waals surface area contributed by atoms with Crippen molar-refractivity contribution < 1.29 is 8.81 Å². The third kappa shape index (κ3) is 1.99. The van der Waals surface area contributed by atoms with E-state index in [0.717, 1.165) is 9.85 Å². The number of para-hydroxylation sites is 1. The van der Waals surface area contributed by atoms with E-state index < -0.39 is 6.01 Å². The van der Waals surface area contributed by atoms with Crippen molar-refractivity contribution in [3.63, 3.8) is 0 Å². The van der Waals surface area contributed by atoms with Crippen molar-refractivity contribution in [2.45, 2.75) is 0 Å². The van der Waals surface area contributed by atoms with Crippen molar-refractivity contribution in [1.29, 1.82) is 0 Å². The summed E-state index contributed by atoms with van der Waals surface area (Å²) in [5, 5.41) is 0.883. The van der Waals surface area contributed by atoms with Crippen molar-refractivity contribution >= 4 is 34.8 Å². The average Bonchev–Trinajstić information content (AvgIpc) is 2.68. The predicted molar refractivity (Wildman–Crippen MR) is 67.6 cm³/mol. The van der Waals surface area contributed by atoms with Crippen LogP contribution in [-0.4, -0.2) is 15.0 Å². The summed E-state index contributed by atoms with van der Waals surface area (Å²) in [6.07, 6.45) is 0. The fraction of sp³-hybridized carbons (Fsp3) is 0. The Morgan fingerprint density at radius 2 is 1.59 bits per heavy atom. The molecule has 0 spiro atoms. The molecule has 1 heterocycles. The van der Waals surface area contributed by atoms with Crippen LogP contribution in [0.4, 0.5) is 4.39 Å². The first-order chi connectivity index (χ1) is 8.34.